The number of nitrogens with zero attached hydrogens (tertiary/aromatic N) is 1. The topological polar surface area (TPSA) is 59.2 Å². The fourth-order valence-electron chi connectivity index (χ4n) is 3.39. The molecule has 4 aromatic rings. The zero-order valence-electron chi connectivity index (χ0n) is 17.1. The predicted octanol–water partition coefficient (Wildman–Crippen LogP) is 5.90. The van der Waals surface area contributed by atoms with Gasteiger partial charge in [-0.1, -0.05) is 51.8 Å². The normalized spacial score (nSPS) is 11.1. The first-order valence-electron chi connectivity index (χ1n) is 10.0. The van der Waals surface area contributed by atoms with Crippen LogP contribution < -0.4 is 14.8 Å². The molecule has 0 amide bonds. The van der Waals surface area contributed by atoms with E-state index in [9.17, 15) is 0 Å². The Kier molecular flexibility index (Phi) is 7.12. The van der Waals surface area contributed by atoms with E-state index >= 15 is 0 Å². The van der Waals surface area contributed by atoms with Crippen molar-refractivity contribution in [2.45, 2.75) is 19.6 Å². The molecule has 160 valence electrons. The van der Waals surface area contributed by atoms with Crippen LogP contribution in [-0.4, -0.2) is 23.6 Å². The highest BCUT2D eigenvalue weighted by atomic mass is 79.9. The predicted molar refractivity (Wildman–Crippen MR) is 128 cm³/mol. The maximum atomic E-state index is 6.16. The van der Waals surface area contributed by atoms with E-state index in [0.717, 1.165) is 45.4 Å². The molecule has 0 aliphatic heterocycles. The Morgan fingerprint density at radius 2 is 1.97 bits per heavy atom. The zero-order chi connectivity index (χ0) is 21.6. The molecule has 31 heavy (non-hydrogen) atoms. The lowest BCUT2D eigenvalue weighted by atomic mass is 10.1. The molecular formula is C24H23BrClN3O2. The third kappa shape index (κ3) is 5.39. The number of H-pyrrole nitrogens is 1. The molecule has 0 unspecified atom stereocenters. The molecule has 1 heterocycles. The Labute approximate surface area is 194 Å². The van der Waals surface area contributed by atoms with E-state index in [1.807, 2.05) is 60.7 Å². The Morgan fingerprint density at radius 1 is 1.10 bits per heavy atom. The average molecular weight is 501 g/mol. The summed E-state index contributed by atoms with van der Waals surface area (Å²) in [6, 6.07) is 19.6. The summed E-state index contributed by atoms with van der Waals surface area (Å²) in [6.07, 6.45) is 0.801. The van der Waals surface area contributed by atoms with Crippen molar-refractivity contribution < 1.29 is 9.47 Å². The smallest absolute Gasteiger partial charge is 0.167 e. The number of halogens is 2. The molecule has 0 atom stereocenters. The molecule has 7 heteroatoms. The molecule has 0 aliphatic rings. The van der Waals surface area contributed by atoms with Crippen LogP contribution in [0.2, 0.25) is 5.02 Å². The minimum Gasteiger partial charge on any atom is -0.493 e. The lowest BCUT2D eigenvalue weighted by Gasteiger charge is -2.17. The molecule has 0 spiro atoms. The molecule has 5 nitrogen and oxygen atoms in total. The van der Waals surface area contributed by atoms with E-state index in [4.69, 9.17) is 21.1 Å². The molecule has 0 bridgehead atoms. The number of rotatable bonds is 9. The number of methoxy groups -OCH3 is 1. The van der Waals surface area contributed by atoms with Gasteiger partial charge in [0.1, 0.15) is 12.4 Å². The number of para-hydroxylation sites is 2. The fraction of sp³-hybridized carbons (Fsp3) is 0.208. The van der Waals surface area contributed by atoms with Crippen LogP contribution in [0.4, 0.5) is 0 Å². The molecule has 3 aromatic carbocycles. The van der Waals surface area contributed by atoms with Gasteiger partial charge in [0.2, 0.25) is 0 Å². The van der Waals surface area contributed by atoms with Gasteiger partial charge in [-0.2, -0.15) is 0 Å². The molecular weight excluding hydrogens is 478 g/mol. The second-order valence-corrected chi connectivity index (χ2v) is 8.39. The van der Waals surface area contributed by atoms with E-state index in [0.29, 0.717) is 29.7 Å². The quantitative estimate of drug-likeness (QED) is 0.281. The summed E-state index contributed by atoms with van der Waals surface area (Å²) in [7, 11) is 1.65. The number of ether oxygens (including phenoxy) is 2. The minimum atomic E-state index is 0.402. The summed E-state index contributed by atoms with van der Waals surface area (Å²) in [5.74, 6) is 2.38. The second kappa shape index (κ2) is 10.2. The number of benzene rings is 3. The molecule has 4 rings (SSSR count). The number of nitrogens with one attached hydrogen (secondary N) is 2. The molecule has 2 N–H and O–H groups in total. The van der Waals surface area contributed by atoms with Crippen molar-refractivity contribution in [1.82, 2.24) is 15.3 Å². The van der Waals surface area contributed by atoms with E-state index in [1.54, 1.807) is 7.11 Å². The lowest BCUT2D eigenvalue weighted by molar-refractivity contribution is 0.280. The molecule has 0 saturated heterocycles. The molecule has 0 aliphatic carbocycles. The number of imidazole rings is 1. The van der Waals surface area contributed by atoms with Crippen LogP contribution >= 0.6 is 27.5 Å². The van der Waals surface area contributed by atoms with E-state index < -0.39 is 0 Å². The molecule has 0 fully saturated rings. The summed E-state index contributed by atoms with van der Waals surface area (Å²) in [5, 5.41) is 4.18. The summed E-state index contributed by atoms with van der Waals surface area (Å²) in [6.45, 7) is 1.81. The van der Waals surface area contributed by atoms with Gasteiger partial charge in [0, 0.05) is 34.6 Å². The van der Waals surface area contributed by atoms with Crippen molar-refractivity contribution in [2.75, 3.05) is 13.7 Å². The highest BCUT2D eigenvalue weighted by Crippen LogP contribution is 2.37. The molecule has 1 aromatic heterocycles. The summed E-state index contributed by atoms with van der Waals surface area (Å²) in [5.41, 5.74) is 4.05. The minimum absolute atomic E-state index is 0.402. The van der Waals surface area contributed by atoms with Crippen LogP contribution in [0, 0.1) is 0 Å². The maximum Gasteiger partial charge on any atom is 0.167 e. The van der Waals surface area contributed by atoms with Crippen molar-refractivity contribution in [3.05, 3.63) is 87.1 Å². The van der Waals surface area contributed by atoms with Gasteiger partial charge in [0.05, 0.1) is 18.1 Å². The van der Waals surface area contributed by atoms with Crippen molar-refractivity contribution >= 4 is 38.6 Å². The zero-order valence-corrected chi connectivity index (χ0v) is 19.5. The Morgan fingerprint density at radius 3 is 2.77 bits per heavy atom. The number of fused-ring (bicyclic) bond motifs is 1. The summed E-state index contributed by atoms with van der Waals surface area (Å²) >= 11 is 9.75. The van der Waals surface area contributed by atoms with Crippen molar-refractivity contribution in [3.63, 3.8) is 0 Å². The number of hydrogen-bond acceptors (Lipinski definition) is 4. The van der Waals surface area contributed by atoms with Gasteiger partial charge < -0.3 is 19.8 Å². The number of aromatic amines is 1. The van der Waals surface area contributed by atoms with Gasteiger partial charge in [-0.05, 0) is 42.0 Å². The van der Waals surface area contributed by atoms with Crippen LogP contribution in [0.3, 0.4) is 0 Å². The molecule has 0 saturated carbocycles. The van der Waals surface area contributed by atoms with Crippen LogP contribution in [-0.2, 0) is 19.6 Å². The first-order chi connectivity index (χ1) is 15.1. The first kappa shape index (κ1) is 21.7. The van der Waals surface area contributed by atoms with E-state index in [1.165, 1.54) is 0 Å². The van der Waals surface area contributed by atoms with Crippen LogP contribution in [0.5, 0.6) is 11.5 Å². The van der Waals surface area contributed by atoms with Crippen molar-refractivity contribution in [3.8, 4) is 11.5 Å². The number of aromatic nitrogens is 2. The Balaban J connectivity index is 1.42. The largest absolute Gasteiger partial charge is 0.493 e. The standard InChI is InChI=1S/C24H23BrClN3O2/c1-30-22-10-9-19(25)18(24(22)31-15-16-5-4-6-17(26)13-16)14-27-12-11-23-28-20-7-2-3-8-21(20)29-23/h2-10,13,27H,11-12,14-15H2,1H3,(H,28,29). The fourth-order valence-corrected chi connectivity index (χ4v) is 4.06. The van der Waals surface area contributed by atoms with Gasteiger partial charge in [0.25, 0.3) is 0 Å². The highest BCUT2D eigenvalue weighted by Gasteiger charge is 2.15. The van der Waals surface area contributed by atoms with Gasteiger partial charge in [-0.15, -0.1) is 0 Å². The average Bonchev–Trinajstić information content (AvgIpc) is 3.19. The van der Waals surface area contributed by atoms with Gasteiger partial charge >= 0.3 is 0 Å². The monoisotopic (exact) mass is 499 g/mol. The maximum absolute atomic E-state index is 6.16. The third-order valence-electron chi connectivity index (χ3n) is 4.94. The lowest BCUT2D eigenvalue weighted by Crippen LogP contribution is -2.18. The Bertz CT molecular complexity index is 1150. The van der Waals surface area contributed by atoms with Crippen LogP contribution in [0.1, 0.15) is 17.0 Å². The highest BCUT2D eigenvalue weighted by molar-refractivity contribution is 9.10. The first-order valence-corrected chi connectivity index (χ1v) is 11.2. The SMILES string of the molecule is COc1ccc(Br)c(CNCCc2nc3ccccc3[nH]2)c1OCc1cccc(Cl)c1. The van der Waals surface area contributed by atoms with Crippen LogP contribution in [0.25, 0.3) is 11.0 Å². The summed E-state index contributed by atoms with van der Waals surface area (Å²) in [4.78, 5) is 7.99. The van der Waals surface area contributed by atoms with Gasteiger partial charge in [0.15, 0.2) is 11.5 Å². The van der Waals surface area contributed by atoms with E-state index in [-0.39, 0.29) is 0 Å². The van der Waals surface area contributed by atoms with Crippen LogP contribution in [0.15, 0.2) is 65.1 Å². The second-order valence-electron chi connectivity index (χ2n) is 7.10. The Hall–Kier alpha value is -2.54. The number of hydrogen-bond donors (Lipinski definition) is 2. The van der Waals surface area contributed by atoms with Crippen molar-refractivity contribution in [2.24, 2.45) is 0 Å². The van der Waals surface area contributed by atoms with Gasteiger partial charge in [-0.3, -0.25) is 0 Å². The molecule has 0 radical (unpaired) electrons. The van der Waals surface area contributed by atoms with Crippen molar-refractivity contribution in [1.29, 1.82) is 0 Å². The van der Waals surface area contributed by atoms with Gasteiger partial charge in [-0.25, -0.2) is 4.98 Å². The third-order valence-corrected chi connectivity index (χ3v) is 5.92. The summed E-state index contributed by atoms with van der Waals surface area (Å²) < 4.78 is 12.7. The van der Waals surface area contributed by atoms with E-state index in [2.05, 4.69) is 31.2 Å².